The monoisotopic (exact) mass is 456 g/mol. The number of aromatic nitrogens is 2. The van der Waals surface area contributed by atoms with Crippen molar-refractivity contribution in [2.75, 3.05) is 32.0 Å². The topological polar surface area (TPSA) is 94.6 Å². The summed E-state index contributed by atoms with van der Waals surface area (Å²) in [6, 6.07) is 19.9. The molecule has 0 aliphatic heterocycles. The van der Waals surface area contributed by atoms with Crippen molar-refractivity contribution in [1.82, 2.24) is 9.97 Å². The minimum Gasteiger partial charge on any atom is -0.493 e. The van der Waals surface area contributed by atoms with Gasteiger partial charge in [0.05, 0.1) is 26.8 Å². The molecule has 0 unspecified atom stereocenters. The number of nitrogens with one attached hydrogen (secondary N) is 2. The predicted molar refractivity (Wildman–Crippen MR) is 134 cm³/mol. The summed E-state index contributed by atoms with van der Waals surface area (Å²) in [6.07, 6.45) is 3.59. The number of rotatable bonds is 7. The molecule has 1 aromatic heterocycles. The first-order valence-corrected chi connectivity index (χ1v) is 10.5. The van der Waals surface area contributed by atoms with E-state index in [2.05, 4.69) is 20.6 Å². The van der Waals surface area contributed by atoms with Crippen LogP contribution in [-0.4, -0.2) is 37.3 Å². The molecule has 0 atom stereocenters. The Morgan fingerprint density at radius 2 is 1.47 bits per heavy atom. The summed E-state index contributed by atoms with van der Waals surface area (Å²) in [7, 11) is 4.69. The molecule has 3 aromatic carbocycles. The summed E-state index contributed by atoms with van der Waals surface area (Å²) in [6.45, 7) is 0. The van der Waals surface area contributed by atoms with Crippen LogP contribution < -0.4 is 24.8 Å². The van der Waals surface area contributed by atoms with E-state index in [1.807, 2.05) is 72.8 Å². The number of carbonyl (C=O) groups excluding carboxylic acids is 1. The average molecular weight is 457 g/mol. The molecule has 0 bridgehead atoms. The number of benzene rings is 3. The molecule has 0 radical (unpaired) electrons. The highest BCUT2D eigenvalue weighted by atomic mass is 16.5. The molecule has 0 saturated heterocycles. The summed E-state index contributed by atoms with van der Waals surface area (Å²) in [5, 5.41) is 6.36. The van der Waals surface area contributed by atoms with Crippen LogP contribution >= 0.6 is 0 Å². The Labute approximate surface area is 197 Å². The van der Waals surface area contributed by atoms with E-state index in [-0.39, 0.29) is 0 Å². The number of hydrogen-bond donors (Lipinski definition) is 2. The zero-order valence-electron chi connectivity index (χ0n) is 19.0. The summed E-state index contributed by atoms with van der Waals surface area (Å²) in [5.74, 6) is 2.44. The van der Waals surface area contributed by atoms with Gasteiger partial charge >= 0.3 is 6.03 Å². The average Bonchev–Trinajstić information content (AvgIpc) is 2.87. The first-order chi connectivity index (χ1) is 16.6. The van der Waals surface area contributed by atoms with E-state index in [9.17, 15) is 4.79 Å². The number of ether oxygens (including phenoxy) is 3. The smallest absolute Gasteiger partial charge is 0.324 e. The molecule has 2 amide bonds. The molecule has 0 aliphatic carbocycles. The third kappa shape index (κ3) is 5.07. The molecule has 8 nitrogen and oxygen atoms in total. The van der Waals surface area contributed by atoms with Crippen LogP contribution in [0.4, 0.5) is 16.3 Å². The van der Waals surface area contributed by atoms with Gasteiger partial charge in [0.15, 0.2) is 17.3 Å². The molecule has 1 heterocycles. The van der Waals surface area contributed by atoms with Crippen LogP contribution in [0.3, 0.4) is 0 Å². The Morgan fingerprint density at radius 1 is 0.794 bits per heavy atom. The van der Waals surface area contributed by atoms with Crippen LogP contribution in [0.5, 0.6) is 17.2 Å². The zero-order valence-corrected chi connectivity index (χ0v) is 19.0. The SMILES string of the molecule is COc1cc(/C=C/c2nc(NC(=O)Nc3ccccc3)c3ccccc3n2)cc(OC)c1OC. The maximum Gasteiger partial charge on any atom is 0.324 e. The largest absolute Gasteiger partial charge is 0.493 e. The van der Waals surface area contributed by atoms with Gasteiger partial charge in [-0.05, 0) is 48.0 Å². The zero-order chi connectivity index (χ0) is 23.9. The van der Waals surface area contributed by atoms with Crippen LogP contribution in [0.15, 0.2) is 66.7 Å². The minimum absolute atomic E-state index is 0.394. The van der Waals surface area contributed by atoms with E-state index >= 15 is 0 Å². The molecule has 0 spiro atoms. The van der Waals surface area contributed by atoms with Crippen molar-refractivity contribution < 1.29 is 19.0 Å². The quantitative estimate of drug-likeness (QED) is 0.383. The van der Waals surface area contributed by atoms with Gasteiger partial charge in [-0.1, -0.05) is 36.4 Å². The number of nitrogens with zero attached hydrogens (tertiary/aromatic N) is 2. The van der Waals surface area contributed by atoms with Gasteiger partial charge in [0, 0.05) is 11.1 Å². The van der Waals surface area contributed by atoms with Gasteiger partial charge in [-0.3, -0.25) is 5.32 Å². The maximum atomic E-state index is 12.6. The normalized spacial score (nSPS) is 10.8. The van der Waals surface area contributed by atoms with Crippen LogP contribution in [0.2, 0.25) is 0 Å². The standard InChI is InChI=1S/C26H24N4O4/c1-32-21-15-17(16-22(33-2)24(21)34-3)13-14-23-28-20-12-8-7-11-19(20)25(29-23)30-26(31)27-18-9-5-4-6-10-18/h4-16H,1-3H3,(H2,27,28,29,30,31)/b14-13+. The van der Waals surface area contributed by atoms with Crippen molar-refractivity contribution in [3.8, 4) is 17.2 Å². The lowest BCUT2D eigenvalue weighted by molar-refractivity contribution is 0.262. The van der Waals surface area contributed by atoms with Crippen molar-refractivity contribution >= 4 is 40.6 Å². The van der Waals surface area contributed by atoms with Crippen LogP contribution in [0.1, 0.15) is 11.4 Å². The number of anilines is 2. The molecule has 172 valence electrons. The molecule has 2 N–H and O–H groups in total. The number of para-hydroxylation sites is 2. The molecule has 8 heteroatoms. The second kappa shape index (κ2) is 10.4. The summed E-state index contributed by atoms with van der Waals surface area (Å²) >= 11 is 0. The lowest BCUT2D eigenvalue weighted by Gasteiger charge is -2.13. The predicted octanol–water partition coefficient (Wildman–Crippen LogP) is 5.47. The molecule has 0 fully saturated rings. The fraction of sp³-hybridized carbons (Fsp3) is 0.115. The molecule has 0 saturated carbocycles. The van der Waals surface area contributed by atoms with Crippen molar-refractivity contribution in [2.24, 2.45) is 0 Å². The summed E-state index contributed by atoms with van der Waals surface area (Å²) in [5.41, 5.74) is 2.19. The van der Waals surface area contributed by atoms with E-state index in [0.717, 1.165) is 10.9 Å². The molecule has 4 rings (SSSR count). The Morgan fingerprint density at radius 3 is 2.15 bits per heavy atom. The third-order valence-electron chi connectivity index (χ3n) is 5.00. The fourth-order valence-corrected chi connectivity index (χ4v) is 3.42. The Kier molecular flexibility index (Phi) is 6.88. The van der Waals surface area contributed by atoms with Gasteiger partial charge < -0.3 is 19.5 Å². The van der Waals surface area contributed by atoms with Crippen molar-refractivity contribution in [3.05, 3.63) is 78.1 Å². The van der Waals surface area contributed by atoms with Gasteiger partial charge in [-0.25, -0.2) is 14.8 Å². The Hall–Kier alpha value is -4.59. The highest BCUT2D eigenvalue weighted by Crippen LogP contribution is 2.38. The van der Waals surface area contributed by atoms with Crippen molar-refractivity contribution in [1.29, 1.82) is 0 Å². The number of fused-ring (bicyclic) bond motifs is 1. The number of carbonyl (C=O) groups is 1. The maximum absolute atomic E-state index is 12.6. The summed E-state index contributed by atoms with van der Waals surface area (Å²) in [4.78, 5) is 21.7. The second-order valence-electron chi connectivity index (χ2n) is 7.18. The van der Waals surface area contributed by atoms with E-state index < -0.39 is 6.03 Å². The Bertz CT molecular complexity index is 1310. The fourth-order valence-electron chi connectivity index (χ4n) is 3.42. The number of hydrogen-bond acceptors (Lipinski definition) is 6. The lowest BCUT2D eigenvalue weighted by atomic mass is 10.1. The number of amides is 2. The van der Waals surface area contributed by atoms with Gasteiger partial charge in [0.1, 0.15) is 5.82 Å². The van der Waals surface area contributed by atoms with Crippen LogP contribution in [0, 0.1) is 0 Å². The van der Waals surface area contributed by atoms with E-state index in [4.69, 9.17) is 14.2 Å². The Balaban J connectivity index is 1.65. The van der Waals surface area contributed by atoms with E-state index in [1.54, 1.807) is 27.4 Å². The van der Waals surface area contributed by atoms with Gasteiger partial charge in [-0.2, -0.15) is 0 Å². The van der Waals surface area contributed by atoms with Crippen molar-refractivity contribution in [3.63, 3.8) is 0 Å². The first-order valence-electron chi connectivity index (χ1n) is 10.5. The van der Waals surface area contributed by atoms with Gasteiger partial charge in [0.2, 0.25) is 5.75 Å². The molecule has 0 aliphatic rings. The van der Waals surface area contributed by atoms with E-state index in [0.29, 0.717) is 40.1 Å². The second-order valence-corrected chi connectivity index (χ2v) is 7.18. The van der Waals surface area contributed by atoms with Crippen LogP contribution in [-0.2, 0) is 0 Å². The van der Waals surface area contributed by atoms with Crippen LogP contribution in [0.25, 0.3) is 23.1 Å². The van der Waals surface area contributed by atoms with Crippen molar-refractivity contribution in [2.45, 2.75) is 0 Å². The first kappa shape index (κ1) is 22.6. The lowest BCUT2D eigenvalue weighted by Crippen LogP contribution is -2.20. The highest BCUT2D eigenvalue weighted by Gasteiger charge is 2.13. The van der Waals surface area contributed by atoms with E-state index in [1.165, 1.54) is 0 Å². The summed E-state index contributed by atoms with van der Waals surface area (Å²) < 4.78 is 16.2. The highest BCUT2D eigenvalue weighted by molar-refractivity contribution is 6.04. The van der Waals surface area contributed by atoms with Gasteiger partial charge in [0.25, 0.3) is 0 Å². The third-order valence-corrected chi connectivity index (χ3v) is 5.00. The number of methoxy groups -OCH3 is 3. The van der Waals surface area contributed by atoms with Gasteiger partial charge in [-0.15, -0.1) is 0 Å². The number of urea groups is 1. The molecular weight excluding hydrogens is 432 g/mol. The molecule has 34 heavy (non-hydrogen) atoms. The molecule has 4 aromatic rings. The molecular formula is C26H24N4O4. The minimum atomic E-state index is -0.394.